The Bertz CT molecular complexity index is 451. The minimum absolute atomic E-state index is 0. The van der Waals surface area contributed by atoms with E-state index in [9.17, 15) is 4.79 Å². The van der Waals surface area contributed by atoms with Crippen molar-refractivity contribution in [2.24, 2.45) is 11.7 Å². The number of amides is 1. The van der Waals surface area contributed by atoms with Crippen molar-refractivity contribution >= 4 is 30.1 Å². The van der Waals surface area contributed by atoms with Gasteiger partial charge in [-0.1, -0.05) is 38.5 Å². The van der Waals surface area contributed by atoms with Crippen LogP contribution in [0.5, 0.6) is 0 Å². The van der Waals surface area contributed by atoms with Crippen molar-refractivity contribution in [3.63, 3.8) is 0 Å². The van der Waals surface area contributed by atoms with Gasteiger partial charge in [0.15, 0.2) is 0 Å². The van der Waals surface area contributed by atoms with Gasteiger partial charge in [0.05, 0.1) is 6.04 Å². The van der Waals surface area contributed by atoms with Crippen molar-refractivity contribution in [3.8, 4) is 0 Å². The van der Waals surface area contributed by atoms with Crippen LogP contribution < -0.4 is 11.1 Å². The topological polar surface area (TPSA) is 55.1 Å². The lowest BCUT2D eigenvalue weighted by molar-refractivity contribution is -0.123. The predicted octanol–water partition coefficient (Wildman–Crippen LogP) is 3.22. The molecule has 5 heteroatoms. The number of hydrogen-bond donors (Lipinski definition) is 2. The van der Waals surface area contributed by atoms with Crippen LogP contribution in [0.3, 0.4) is 0 Å². The normalized spacial score (nSPS) is 18.2. The number of thioether (sulfide) groups is 1. The first-order chi connectivity index (χ1) is 9.56. The number of rotatable bonds is 7. The molecular weight excluding hydrogens is 304 g/mol. The molecular formula is C16H25ClN2OS. The second kappa shape index (κ2) is 8.06. The number of halogens is 1. The van der Waals surface area contributed by atoms with Gasteiger partial charge in [-0.05, 0) is 30.9 Å². The lowest BCUT2D eigenvalue weighted by Crippen LogP contribution is -2.46. The molecule has 3 nitrogen and oxygen atoms in total. The monoisotopic (exact) mass is 328 g/mol. The zero-order chi connectivity index (χ0) is 14.6. The maximum atomic E-state index is 12.0. The third-order valence-corrected chi connectivity index (χ3v) is 5.52. The summed E-state index contributed by atoms with van der Waals surface area (Å²) in [5.74, 6) is 0.214. The molecule has 21 heavy (non-hydrogen) atoms. The first kappa shape index (κ1) is 18.3. The molecule has 1 saturated carbocycles. The van der Waals surface area contributed by atoms with E-state index in [2.05, 4.69) is 36.5 Å². The SMILES string of the molecule is CCC(C)C(N)C(=O)NCC1(Sc2ccccc2)CC1.Cl. The van der Waals surface area contributed by atoms with E-state index in [1.807, 2.05) is 24.8 Å². The van der Waals surface area contributed by atoms with E-state index in [1.165, 1.54) is 4.90 Å². The van der Waals surface area contributed by atoms with Crippen molar-refractivity contribution in [1.82, 2.24) is 5.32 Å². The molecule has 0 saturated heterocycles. The molecule has 1 aromatic rings. The largest absolute Gasteiger partial charge is 0.353 e. The number of benzene rings is 1. The summed E-state index contributed by atoms with van der Waals surface area (Å²) in [5, 5.41) is 3.04. The molecule has 0 bridgehead atoms. The number of hydrogen-bond acceptors (Lipinski definition) is 3. The van der Waals surface area contributed by atoms with Gasteiger partial charge in [-0.15, -0.1) is 24.2 Å². The molecule has 1 amide bonds. The Morgan fingerprint density at radius 3 is 2.52 bits per heavy atom. The van der Waals surface area contributed by atoms with Crippen LogP contribution in [0.15, 0.2) is 35.2 Å². The van der Waals surface area contributed by atoms with E-state index in [-0.39, 0.29) is 29.0 Å². The number of carbonyl (C=O) groups is 1. The number of nitrogens with one attached hydrogen (secondary N) is 1. The average Bonchev–Trinajstić information content (AvgIpc) is 3.24. The Morgan fingerprint density at radius 1 is 1.38 bits per heavy atom. The smallest absolute Gasteiger partial charge is 0.237 e. The molecule has 2 atom stereocenters. The first-order valence-electron chi connectivity index (χ1n) is 7.34. The van der Waals surface area contributed by atoms with Crippen molar-refractivity contribution in [2.75, 3.05) is 6.54 Å². The summed E-state index contributed by atoms with van der Waals surface area (Å²) < 4.78 is 0.187. The van der Waals surface area contributed by atoms with Crippen LogP contribution in [0, 0.1) is 5.92 Å². The van der Waals surface area contributed by atoms with Crippen LogP contribution >= 0.6 is 24.2 Å². The van der Waals surface area contributed by atoms with Gasteiger partial charge in [0.2, 0.25) is 5.91 Å². The molecule has 118 valence electrons. The minimum Gasteiger partial charge on any atom is -0.353 e. The third kappa shape index (κ3) is 5.20. The van der Waals surface area contributed by atoms with Crippen LogP contribution in [0.4, 0.5) is 0 Å². The second-order valence-electron chi connectivity index (χ2n) is 5.73. The molecule has 0 heterocycles. The van der Waals surface area contributed by atoms with Gasteiger partial charge in [-0.25, -0.2) is 0 Å². The van der Waals surface area contributed by atoms with Crippen LogP contribution in [0.25, 0.3) is 0 Å². The molecule has 0 spiro atoms. The van der Waals surface area contributed by atoms with Crippen LogP contribution in [0.1, 0.15) is 33.1 Å². The first-order valence-corrected chi connectivity index (χ1v) is 8.15. The van der Waals surface area contributed by atoms with Gasteiger partial charge in [-0.2, -0.15) is 0 Å². The van der Waals surface area contributed by atoms with Crippen molar-refractivity contribution in [1.29, 1.82) is 0 Å². The molecule has 0 radical (unpaired) electrons. The standard InChI is InChI=1S/C16H24N2OS.ClH/c1-3-12(2)14(17)15(19)18-11-16(9-10-16)20-13-7-5-4-6-8-13;/h4-8,12,14H,3,9-11,17H2,1-2H3,(H,18,19);1H. The predicted molar refractivity (Wildman–Crippen MR) is 92.0 cm³/mol. The van der Waals surface area contributed by atoms with E-state index in [4.69, 9.17) is 5.73 Å². The summed E-state index contributed by atoms with van der Waals surface area (Å²) in [6.45, 7) is 4.80. The number of carbonyl (C=O) groups excluding carboxylic acids is 1. The summed E-state index contributed by atoms with van der Waals surface area (Å²) in [4.78, 5) is 13.3. The van der Waals surface area contributed by atoms with E-state index >= 15 is 0 Å². The molecule has 1 aliphatic carbocycles. The van der Waals surface area contributed by atoms with Gasteiger partial charge < -0.3 is 11.1 Å². The zero-order valence-electron chi connectivity index (χ0n) is 12.7. The fraction of sp³-hybridized carbons (Fsp3) is 0.562. The highest BCUT2D eigenvalue weighted by atomic mass is 35.5. The Balaban J connectivity index is 0.00000220. The summed E-state index contributed by atoms with van der Waals surface area (Å²) in [6, 6.07) is 9.98. The van der Waals surface area contributed by atoms with E-state index < -0.39 is 6.04 Å². The molecule has 0 aliphatic heterocycles. The molecule has 0 aromatic heterocycles. The molecule has 2 rings (SSSR count). The highest BCUT2D eigenvalue weighted by Gasteiger charge is 2.44. The van der Waals surface area contributed by atoms with Crippen molar-refractivity contribution in [3.05, 3.63) is 30.3 Å². The van der Waals surface area contributed by atoms with E-state index in [0.717, 1.165) is 25.8 Å². The van der Waals surface area contributed by atoms with Crippen LogP contribution in [-0.2, 0) is 4.79 Å². The summed E-state index contributed by atoms with van der Waals surface area (Å²) in [5.41, 5.74) is 5.95. The Kier molecular flexibility index (Phi) is 7.04. The van der Waals surface area contributed by atoms with Crippen molar-refractivity contribution < 1.29 is 4.79 Å². The molecule has 1 fully saturated rings. The maximum Gasteiger partial charge on any atom is 0.237 e. The zero-order valence-corrected chi connectivity index (χ0v) is 14.3. The molecule has 1 aliphatic rings. The van der Waals surface area contributed by atoms with Gasteiger partial charge in [0.1, 0.15) is 0 Å². The quantitative estimate of drug-likeness (QED) is 0.808. The fourth-order valence-corrected chi connectivity index (χ4v) is 3.32. The highest BCUT2D eigenvalue weighted by molar-refractivity contribution is 8.01. The fourth-order valence-electron chi connectivity index (χ4n) is 2.07. The average molecular weight is 329 g/mol. The van der Waals surface area contributed by atoms with E-state index in [0.29, 0.717) is 0 Å². The summed E-state index contributed by atoms with van der Waals surface area (Å²) in [6.07, 6.45) is 3.25. The van der Waals surface area contributed by atoms with Crippen LogP contribution in [-0.4, -0.2) is 23.2 Å². The summed E-state index contributed by atoms with van der Waals surface area (Å²) in [7, 11) is 0. The molecule has 2 unspecified atom stereocenters. The summed E-state index contributed by atoms with van der Waals surface area (Å²) >= 11 is 1.87. The Morgan fingerprint density at radius 2 is 2.00 bits per heavy atom. The van der Waals surface area contributed by atoms with Gasteiger partial charge in [0, 0.05) is 16.2 Å². The van der Waals surface area contributed by atoms with E-state index in [1.54, 1.807) is 0 Å². The van der Waals surface area contributed by atoms with Gasteiger partial charge >= 0.3 is 0 Å². The third-order valence-electron chi connectivity index (χ3n) is 4.03. The maximum absolute atomic E-state index is 12.0. The van der Waals surface area contributed by atoms with Crippen molar-refractivity contribution in [2.45, 2.75) is 48.8 Å². The minimum atomic E-state index is -0.391. The highest BCUT2D eigenvalue weighted by Crippen LogP contribution is 2.51. The van der Waals surface area contributed by atoms with Gasteiger partial charge in [-0.3, -0.25) is 4.79 Å². The second-order valence-corrected chi connectivity index (χ2v) is 7.27. The van der Waals surface area contributed by atoms with Crippen LogP contribution in [0.2, 0.25) is 0 Å². The molecule has 1 aromatic carbocycles. The van der Waals surface area contributed by atoms with Gasteiger partial charge in [0.25, 0.3) is 0 Å². The Labute approximate surface area is 137 Å². The Hall–Kier alpha value is -0.710. The lowest BCUT2D eigenvalue weighted by Gasteiger charge is -2.20. The molecule has 3 N–H and O–H groups in total. The lowest BCUT2D eigenvalue weighted by atomic mass is 9.99. The number of nitrogens with two attached hydrogens (primary N) is 1.